The molecule has 0 spiro atoms. The topological polar surface area (TPSA) is 83.2 Å². The van der Waals surface area contributed by atoms with Crippen molar-refractivity contribution in [3.63, 3.8) is 0 Å². The monoisotopic (exact) mass is 602 g/mol. The standard InChI is InChI=1S/C35H46N2O5Si/c1-35(2,3)43(6,7)42-20-18-28-21-27(26-13-15-29(39-4)16-14-26)17-19-37(28)34(38)30-22-32(40-5)33(23-31(30)36)41-24-25-11-9-8-10-12-25/h8-17,22-23,28H,18-21,24,36H2,1-7H3/t28-/m1/s1. The number of anilines is 1. The number of ether oxygens (including phenoxy) is 3. The van der Waals surface area contributed by atoms with Gasteiger partial charge in [0.25, 0.3) is 5.91 Å². The Morgan fingerprint density at radius 3 is 2.30 bits per heavy atom. The van der Waals surface area contributed by atoms with E-state index in [0.29, 0.717) is 48.9 Å². The average Bonchev–Trinajstić information content (AvgIpc) is 2.99. The molecule has 0 aromatic heterocycles. The fourth-order valence-corrected chi connectivity index (χ4v) is 6.00. The van der Waals surface area contributed by atoms with Crippen molar-refractivity contribution in [2.24, 2.45) is 0 Å². The van der Waals surface area contributed by atoms with E-state index in [1.165, 1.54) is 5.57 Å². The molecule has 2 N–H and O–H groups in total. The van der Waals surface area contributed by atoms with Gasteiger partial charge >= 0.3 is 0 Å². The Hall–Kier alpha value is -3.75. The van der Waals surface area contributed by atoms with Crippen LogP contribution in [-0.4, -0.2) is 52.5 Å². The number of methoxy groups -OCH3 is 2. The van der Waals surface area contributed by atoms with Crippen molar-refractivity contribution in [1.82, 2.24) is 4.90 Å². The van der Waals surface area contributed by atoms with E-state index < -0.39 is 8.32 Å². The molecule has 0 unspecified atom stereocenters. The van der Waals surface area contributed by atoms with Crippen LogP contribution in [0.2, 0.25) is 18.1 Å². The van der Waals surface area contributed by atoms with E-state index in [1.807, 2.05) is 47.4 Å². The lowest BCUT2D eigenvalue weighted by atomic mass is 9.92. The first-order valence-electron chi connectivity index (χ1n) is 14.9. The molecule has 1 heterocycles. The molecule has 3 aromatic rings. The Kier molecular flexibility index (Phi) is 10.2. The van der Waals surface area contributed by atoms with Crippen LogP contribution in [0.5, 0.6) is 17.2 Å². The number of amides is 1. The summed E-state index contributed by atoms with van der Waals surface area (Å²) in [5, 5.41) is 0.110. The molecule has 1 amide bonds. The summed E-state index contributed by atoms with van der Waals surface area (Å²) in [7, 11) is 1.30. The summed E-state index contributed by atoms with van der Waals surface area (Å²) in [6.45, 7) is 12.7. The number of carbonyl (C=O) groups is 1. The molecule has 1 atom stereocenters. The van der Waals surface area contributed by atoms with Crippen molar-refractivity contribution in [2.45, 2.75) is 64.4 Å². The van der Waals surface area contributed by atoms with E-state index in [0.717, 1.165) is 23.3 Å². The first kappa shape index (κ1) is 32.2. The third-order valence-corrected chi connectivity index (χ3v) is 13.2. The van der Waals surface area contributed by atoms with E-state index in [9.17, 15) is 4.79 Å². The summed E-state index contributed by atoms with van der Waals surface area (Å²) in [5.74, 6) is 1.66. The van der Waals surface area contributed by atoms with Crippen LogP contribution in [0.15, 0.2) is 72.8 Å². The lowest BCUT2D eigenvalue weighted by Crippen LogP contribution is -2.45. The van der Waals surface area contributed by atoms with E-state index in [4.69, 9.17) is 24.4 Å². The molecular formula is C35H46N2O5Si. The van der Waals surface area contributed by atoms with Gasteiger partial charge in [-0.1, -0.05) is 69.3 Å². The van der Waals surface area contributed by atoms with Crippen molar-refractivity contribution in [3.8, 4) is 17.2 Å². The maximum Gasteiger partial charge on any atom is 0.256 e. The normalized spacial score (nSPS) is 15.6. The Morgan fingerprint density at radius 1 is 0.977 bits per heavy atom. The highest BCUT2D eigenvalue weighted by Crippen LogP contribution is 2.38. The smallest absolute Gasteiger partial charge is 0.256 e. The Labute approximate surface area is 257 Å². The minimum atomic E-state index is -1.94. The molecule has 8 heteroatoms. The highest BCUT2D eigenvalue weighted by Gasteiger charge is 2.38. The third-order valence-electron chi connectivity index (χ3n) is 8.68. The summed E-state index contributed by atoms with van der Waals surface area (Å²) >= 11 is 0. The van der Waals surface area contributed by atoms with Gasteiger partial charge in [-0.2, -0.15) is 0 Å². The van der Waals surface area contributed by atoms with Crippen LogP contribution in [0.4, 0.5) is 5.69 Å². The van der Waals surface area contributed by atoms with Crippen molar-refractivity contribution < 1.29 is 23.4 Å². The summed E-state index contributed by atoms with van der Waals surface area (Å²) < 4.78 is 23.6. The Morgan fingerprint density at radius 2 is 1.67 bits per heavy atom. The summed E-state index contributed by atoms with van der Waals surface area (Å²) in [5.41, 5.74) is 10.6. The van der Waals surface area contributed by atoms with Gasteiger partial charge in [-0.25, -0.2) is 0 Å². The van der Waals surface area contributed by atoms with Crippen LogP contribution >= 0.6 is 0 Å². The molecule has 3 aromatic carbocycles. The van der Waals surface area contributed by atoms with Crippen LogP contribution in [0.1, 0.15) is 55.1 Å². The maximum absolute atomic E-state index is 14.1. The van der Waals surface area contributed by atoms with Gasteiger partial charge in [-0.05, 0) is 65.9 Å². The Balaban J connectivity index is 1.58. The van der Waals surface area contributed by atoms with E-state index in [-0.39, 0.29) is 17.0 Å². The average molecular weight is 603 g/mol. The molecule has 230 valence electrons. The number of carbonyl (C=O) groups excluding carboxylic acids is 1. The van der Waals surface area contributed by atoms with Crippen molar-refractivity contribution >= 4 is 25.5 Å². The second-order valence-electron chi connectivity index (χ2n) is 12.5. The van der Waals surface area contributed by atoms with Gasteiger partial charge in [-0.3, -0.25) is 4.79 Å². The van der Waals surface area contributed by atoms with Gasteiger partial charge in [0.2, 0.25) is 0 Å². The number of nitrogens with zero attached hydrogens (tertiary/aromatic N) is 1. The molecule has 0 saturated heterocycles. The summed E-state index contributed by atoms with van der Waals surface area (Å²) in [4.78, 5) is 16.0. The minimum absolute atomic E-state index is 0.0567. The fourth-order valence-electron chi connectivity index (χ4n) is 4.94. The number of nitrogen functional groups attached to an aromatic ring is 1. The second kappa shape index (κ2) is 13.7. The van der Waals surface area contributed by atoms with Gasteiger partial charge in [-0.15, -0.1) is 0 Å². The molecule has 0 bridgehead atoms. The number of benzene rings is 3. The van der Waals surface area contributed by atoms with Crippen LogP contribution in [-0.2, 0) is 11.0 Å². The molecule has 0 saturated carbocycles. The molecule has 0 radical (unpaired) electrons. The number of hydrogen-bond donors (Lipinski definition) is 1. The van der Waals surface area contributed by atoms with Crippen molar-refractivity contribution in [2.75, 3.05) is 33.1 Å². The molecule has 0 fully saturated rings. The lowest BCUT2D eigenvalue weighted by molar-refractivity contribution is 0.0672. The molecule has 1 aliphatic heterocycles. The van der Waals surface area contributed by atoms with Crippen molar-refractivity contribution in [1.29, 1.82) is 0 Å². The first-order chi connectivity index (χ1) is 20.4. The van der Waals surface area contributed by atoms with E-state index >= 15 is 0 Å². The quantitative estimate of drug-likeness (QED) is 0.180. The number of rotatable bonds is 11. The number of nitrogens with two attached hydrogens (primary N) is 1. The zero-order chi connectivity index (χ0) is 31.2. The third kappa shape index (κ3) is 7.80. The van der Waals surface area contributed by atoms with E-state index in [1.54, 1.807) is 26.4 Å². The molecule has 0 aliphatic carbocycles. The van der Waals surface area contributed by atoms with Gasteiger partial charge in [0, 0.05) is 30.9 Å². The highest BCUT2D eigenvalue weighted by molar-refractivity contribution is 6.74. The molecule has 4 rings (SSSR count). The predicted octanol–water partition coefficient (Wildman–Crippen LogP) is 7.58. The molecule has 7 nitrogen and oxygen atoms in total. The van der Waals surface area contributed by atoms with Gasteiger partial charge < -0.3 is 29.3 Å². The van der Waals surface area contributed by atoms with E-state index in [2.05, 4.69) is 52.1 Å². The van der Waals surface area contributed by atoms with Crippen LogP contribution in [0.25, 0.3) is 5.57 Å². The predicted molar refractivity (Wildman–Crippen MR) is 176 cm³/mol. The maximum atomic E-state index is 14.1. The second-order valence-corrected chi connectivity index (χ2v) is 17.3. The zero-order valence-electron chi connectivity index (χ0n) is 26.6. The van der Waals surface area contributed by atoms with Crippen LogP contribution in [0.3, 0.4) is 0 Å². The zero-order valence-corrected chi connectivity index (χ0v) is 27.6. The largest absolute Gasteiger partial charge is 0.497 e. The van der Waals surface area contributed by atoms with Gasteiger partial charge in [0.15, 0.2) is 19.8 Å². The Bertz CT molecular complexity index is 1410. The fraction of sp³-hybridized carbons (Fsp3) is 0.400. The van der Waals surface area contributed by atoms with Crippen LogP contribution in [0, 0.1) is 0 Å². The minimum Gasteiger partial charge on any atom is -0.497 e. The number of hydrogen-bond acceptors (Lipinski definition) is 6. The SMILES string of the molecule is COc1ccc(C2=CCN(C(=O)c3cc(OC)c(OCc4ccccc4)cc3N)[C@H](CCO[Si](C)(C)C(C)(C)C)C2)cc1. The first-order valence-corrected chi connectivity index (χ1v) is 17.8. The van der Waals surface area contributed by atoms with Gasteiger partial charge in [0.05, 0.1) is 19.8 Å². The molecular weight excluding hydrogens is 556 g/mol. The lowest BCUT2D eigenvalue weighted by Gasteiger charge is -2.39. The van der Waals surface area contributed by atoms with Crippen molar-refractivity contribution in [3.05, 3.63) is 89.5 Å². The highest BCUT2D eigenvalue weighted by atomic mass is 28.4. The molecule has 1 aliphatic rings. The summed E-state index contributed by atoms with van der Waals surface area (Å²) in [6.07, 6.45) is 3.57. The van der Waals surface area contributed by atoms with Gasteiger partial charge in [0.1, 0.15) is 12.4 Å². The summed E-state index contributed by atoms with van der Waals surface area (Å²) in [6, 6.07) is 21.3. The molecule has 43 heavy (non-hydrogen) atoms. The van der Waals surface area contributed by atoms with Crippen LogP contribution < -0.4 is 19.9 Å².